The molecule has 5 nitrogen and oxygen atoms in total. The van der Waals surface area contributed by atoms with E-state index in [1.807, 2.05) is 6.20 Å². The minimum Gasteiger partial charge on any atom is -0.396 e. The van der Waals surface area contributed by atoms with Crippen LogP contribution in [0.4, 0.5) is 5.95 Å². The van der Waals surface area contributed by atoms with E-state index < -0.39 is 0 Å². The third kappa shape index (κ3) is 4.04. The van der Waals surface area contributed by atoms with E-state index in [-0.39, 0.29) is 6.61 Å². The van der Waals surface area contributed by atoms with Crippen LogP contribution in [0.2, 0.25) is 0 Å². The third-order valence-corrected chi connectivity index (χ3v) is 6.75. The Morgan fingerprint density at radius 1 is 1.00 bits per heavy atom. The van der Waals surface area contributed by atoms with Gasteiger partial charge >= 0.3 is 0 Å². The molecule has 1 saturated heterocycles. The lowest BCUT2D eigenvalue weighted by atomic mass is 9.92. The first-order valence-electron chi connectivity index (χ1n) is 10.8. The molecular formula is C21H34N4O. The van der Waals surface area contributed by atoms with Crippen molar-refractivity contribution in [2.75, 3.05) is 31.1 Å². The average Bonchev–Trinajstić information content (AvgIpc) is 3.24. The minimum atomic E-state index is 0.269. The van der Waals surface area contributed by atoms with Gasteiger partial charge in [0, 0.05) is 56.1 Å². The average molecular weight is 359 g/mol. The summed E-state index contributed by atoms with van der Waals surface area (Å²) < 4.78 is 0. The Morgan fingerprint density at radius 3 is 2.54 bits per heavy atom. The predicted molar refractivity (Wildman–Crippen MR) is 105 cm³/mol. The number of aromatic nitrogens is 2. The topological polar surface area (TPSA) is 52.5 Å². The molecule has 144 valence electrons. The highest BCUT2D eigenvalue weighted by Gasteiger charge is 2.33. The van der Waals surface area contributed by atoms with Crippen LogP contribution < -0.4 is 4.90 Å². The minimum absolute atomic E-state index is 0.269. The smallest absolute Gasteiger partial charge is 0.225 e. The third-order valence-electron chi connectivity index (χ3n) is 6.75. The van der Waals surface area contributed by atoms with Gasteiger partial charge in [-0.15, -0.1) is 0 Å². The summed E-state index contributed by atoms with van der Waals surface area (Å²) >= 11 is 0. The predicted octanol–water partition coefficient (Wildman–Crippen LogP) is 3.34. The Kier molecular flexibility index (Phi) is 6.05. The second-order valence-corrected chi connectivity index (χ2v) is 8.40. The second-order valence-electron chi connectivity index (χ2n) is 8.40. The van der Waals surface area contributed by atoms with Crippen LogP contribution in [-0.2, 0) is 0 Å². The van der Waals surface area contributed by atoms with Crippen LogP contribution in [0.1, 0.15) is 75.8 Å². The summed E-state index contributed by atoms with van der Waals surface area (Å²) in [5.74, 6) is 1.54. The van der Waals surface area contributed by atoms with Crippen LogP contribution >= 0.6 is 0 Å². The highest BCUT2D eigenvalue weighted by Crippen LogP contribution is 2.34. The fourth-order valence-corrected chi connectivity index (χ4v) is 5.31. The lowest BCUT2D eigenvalue weighted by molar-refractivity contribution is 0.0753. The lowest BCUT2D eigenvalue weighted by Crippen LogP contribution is -2.57. The van der Waals surface area contributed by atoms with E-state index in [4.69, 9.17) is 4.98 Å². The molecule has 2 aliphatic carbocycles. The van der Waals surface area contributed by atoms with Gasteiger partial charge in [-0.1, -0.05) is 32.1 Å². The number of aliphatic hydroxyl groups excluding tert-OH is 1. The molecule has 0 amide bonds. The van der Waals surface area contributed by atoms with E-state index in [9.17, 15) is 5.11 Å². The Labute approximate surface area is 157 Å². The van der Waals surface area contributed by atoms with Gasteiger partial charge in [-0.3, -0.25) is 4.90 Å². The summed E-state index contributed by atoms with van der Waals surface area (Å²) in [4.78, 5) is 14.6. The zero-order valence-electron chi connectivity index (χ0n) is 16.0. The number of hydrogen-bond acceptors (Lipinski definition) is 5. The fraction of sp³-hybridized carbons (Fsp3) is 0.810. The van der Waals surface area contributed by atoms with E-state index in [0.29, 0.717) is 18.0 Å². The van der Waals surface area contributed by atoms with Crippen molar-refractivity contribution in [3.8, 4) is 0 Å². The highest BCUT2D eigenvalue weighted by atomic mass is 16.3. The molecule has 0 radical (unpaired) electrons. The zero-order chi connectivity index (χ0) is 17.8. The monoisotopic (exact) mass is 358 g/mol. The Hall–Kier alpha value is -1.20. The standard InChI is InChI=1S/C21H34N4O/c26-15-11-19-16-24(13-14-25(19)18-8-2-1-3-9-18)21-22-12-10-20(23-21)17-6-4-5-7-17/h10,12,17-19,26H,1-9,11,13-16H2/t19-/m0/s1. The van der Waals surface area contributed by atoms with Gasteiger partial charge in [-0.2, -0.15) is 0 Å². The summed E-state index contributed by atoms with van der Waals surface area (Å²) in [6.45, 7) is 3.30. The van der Waals surface area contributed by atoms with Crippen LogP contribution in [0.5, 0.6) is 0 Å². The van der Waals surface area contributed by atoms with E-state index in [1.165, 1.54) is 63.5 Å². The van der Waals surface area contributed by atoms with Gasteiger partial charge in [0.15, 0.2) is 0 Å². The number of aliphatic hydroxyl groups is 1. The number of hydrogen-bond donors (Lipinski definition) is 1. The molecule has 1 aromatic heterocycles. The number of rotatable bonds is 5. The van der Waals surface area contributed by atoms with Crippen molar-refractivity contribution in [1.29, 1.82) is 0 Å². The maximum Gasteiger partial charge on any atom is 0.225 e. The molecule has 0 aromatic carbocycles. The van der Waals surface area contributed by atoms with Crippen molar-refractivity contribution in [1.82, 2.24) is 14.9 Å². The summed E-state index contributed by atoms with van der Waals surface area (Å²) in [6, 6.07) is 3.26. The highest BCUT2D eigenvalue weighted by molar-refractivity contribution is 5.33. The number of piperazine rings is 1. The molecule has 4 rings (SSSR count). The van der Waals surface area contributed by atoms with Gasteiger partial charge in [-0.05, 0) is 38.2 Å². The van der Waals surface area contributed by atoms with Crippen LogP contribution in [0.15, 0.2) is 12.3 Å². The summed E-state index contributed by atoms with van der Waals surface area (Å²) in [5, 5.41) is 9.60. The van der Waals surface area contributed by atoms with Gasteiger partial charge in [0.25, 0.3) is 0 Å². The Morgan fingerprint density at radius 2 is 1.77 bits per heavy atom. The number of anilines is 1. The van der Waals surface area contributed by atoms with Crippen LogP contribution in [0.25, 0.3) is 0 Å². The zero-order valence-corrected chi connectivity index (χ0v) is 16.0. The molecule has 3 aliphatic rings. The van der Waals surface area contributed by atoms with Crippen molar-refractivity contribution >= 4 is 5.95 Å². The van der Waals surface area contributed by atoms with E-state index >= 15 is 0 Å². The van der Waals surface area contributed by atoms with Crippen molar-refractivity contribution in [3.63, 3.8) is 0 Å². The fourth-order valence-electron chi connectivity index (χ4n) is 5.31. The first-order valence-corrected chi connectivity index (χ1v) is 10.8. The van der Waals surface area contributed by atoms with Crippen LogP contribution in [0, 0.1) is 0 Å². The molecule has 1 atom stereocenters. The van der Waals surface area contributed by atoms with Crippen molar-refractivity contribution in [3.05, 3.63) is 18.0 Å². The molecule has 0 spiro atoms. The van der Waals surface area contributed by atoms with E-state index in [0.717, 1.165) is 32.0 Å². The van der Waals surface area contributed by atoms with Gasteiger partial charge in [0.2, 0.25) is 5.95 Å². The van der Waals surface area contributed by atoms with Crippen molar-refractivity contribution in [2.24, 2.45) is 0 Å². The van der Waals surface area contributed by atoms with Gasteiger partial charge < -0.3 is 10.0 Å². The molecule has 1 aromatic rings. The van der Waals surface area contributed by atoms with Crippen LogP contribution in [-0.4, -0.2) is 58.3 Å². The molecule has 1 aliphatic heterocycles. The molecule has 26 heavy (non-hydrogen) atoms. The van der Waals surface area contributed by atoms with E-state index in [1.54, 1.807) is 0 Å². The molecule has 5 heteroatoms. The Bertz CT molecular complexity index is 569. The molecule has 2 saturated carbocycles. The van der Waals surface area contributed by atoms with Gasteiger partial charge in [0.05, 0.1) is 0 Å². The maximum absolute atomic E-state index is 9.60. The largest absolute Gasteiger partial charge is 0.396 e. The normalized spacial score (nSPS) is 26.5. The molecule has 2 heterocycles. The summed E-state index contributed by atoms with van der Waals surface area (Å²) in [5.41, 5.74) is 1.24. The van der Waals surface area contributed by atoms with Crippen LogP contribution in [0.3, 0.4) is 0 Å². The molecular weight excluding hydrogens is 324 g/mol. The SMILES string of the molecule is OCC[C@H]1CN(c2nccc(C3CCCC3)n2)CCN1C1CCCCC1. The second kappa shape index (κ2) is 8.66. The molecule has 3 fully saturated rings. The first-order chi connectivity index (χ1) is 12.8. The maximum atomic E-state index is 9.60. The van der Waals surface area contributed by atoms with Crippen molar-refractivity contribution in [2.45, 2.75) is 82.2 Å². The lowest BCUT2D eigenvalue weighted by Gasteiger charge is -2.46. The quantitative estimate of drug-likeness (QED) is 0.875. The summed E-state index contributed by atoms with van der Waals surface area (Å²) in [6.07, 6.45) is 14.8. The summed E-state index contributed by atoms with van der Waals surface area (Å²) in [7, 11) is 0. The molecule has 0 unspecified atom stereocenters. The van der Waals surface area contributed by atoms with Gasteiger partial charge in [0.1, 0.15) is 0 Å². The Balaban J connectivity index is 1.45. The van der Waals surface area contributed by atoms with E-state index in [2.05, 4.69) is 20.9 Å². The van der Waals surface area contributed by atoms with Crippen molar-refractivity contribution < 1.29 is 5.11 Å². The van der Waals surface area contributed by atoms with Gasteiger partial charge in [-0.25, -0.2) is 9.97 Å². The first kappa shape index (κ1) is 18.2. The number of nitrogens with zero attached hydrogens (tertiary/aromatic N) is 4. The molecule has 0 bridgehead atoms. The molecule has 1 N–H and O–H groups in total.